The van der Waals surface area contributed by atoms with E-state index < -0.39 is 0 Å². The number of fused-ring (bicyclic) bond motifs is 3. The smallest absolute Gasteiger partial charge is 0.0653 e. The fourth-order valence-electron chi connectivity index (χ4n) is 5.27. The van der Waals surface area contributed by atoms with Crippen molar-refractivity contribution in [3.05, 3.63) is 0 Å². The summed E-state index contributed by atoms with van der Waals surface area (Å²) in [4.78, 5) is 0. The van der Waals surface area contributed by atoms with Gasteiger partial charge in [0, 0.05) is 0 Å². The molecule has 0 spiro atoms. The van der Waals surface area contributed by atoms with Crippen molar-refractivity contribution < 1.29 is 5.11 Å². The lowest BCUT2D eigenvalue weighted by molar-refractivity contribution is -0.0108. The summed E-state index contributed by atoms with van der Waals surface area (Å²) in [5, 5.41) is 10.7. The quantitative estimate of drug-likeness (QED) is 0.665. The van der Waals surface area contributed by atoms with Crippen molar-refractivity contribution in [2.75, 3.05) is 0 Å². The fraction of sp³-hybridized carbons (Fsp3) is 1.00. The molecule has 92 valence electrons. The average molecular weight is 222 g/mol. The highest BCUT2D eigenvalue weighted by atomic mass is 16.3. The summed E-state index contributed by atoms with van der Waals surface area (Å²) in [7, 11) is 0. The zero-order chi connectivity index (χ0) is 11.7. The molecule has 1 heteroatoms. The summed E-state index contributed by atoms with van der Waals surface area (Å²) in [6.45, 7) is 9.35. The average Bonchev–Trinajstić information content (AvgIpc) is 2.61. The third-order valence-electron chi connectivity index (χ3n) is 6.35. The molecular weight excluding hydrogens is 196 g/mol. The molecule has 0 aromatic heterocycles. The van der Waals surface area contributed by atoms with Crippen LogP contribution in [-0.4, -0.2) is 10.7 Å². The van der Waals surface area contributed by atoms with Crippen LogP contribution < -0.4 is 0 Å². The lowest BCUT2D eigenvalue weighted by Gasteiger charge is -2.33. The van der Waals surface area contributed by atoms with Crippen LogP contribution in [0, 0.1) is 35.0 Å². The molecule has 3 aliphatic carbocycles. The minimum atomic E-state index is -0.375. The van der Waals surface area contributed by atoms with E-state index in [2.05, 4.69) is 27.7 Å². The maximum Gasteiger partial charge on any atom is 0.0653 e. The van der Waals surface area contributed by atoms with Crippen LogP contribution in [-0.2, 0) is 0 Å². The molecule has 6 atom stereocenters. The van der Waals surface area contributed by atoms with Crippen LogP contribution in [0.3, 0.4) is 0 Å². The van der Waals surface area contributed by atoms with Crippen molar-refractivity contribution >= 4 is 0 Å². The maximum atomic E-state index is 10.7. The minimum absolute atomic E-state index is 0.375. The van der Waals surface area contributed by atoms with E-state index in [4.69, 9.17) is 0 Å². The first kappa shape index (κ1) is 11.1. The Labute approximate surface area is 99.6 Å². The van der Waals surface area contributed by atoms with Crippen molar-refractivity contribution in [3.63, 3.8) is 0 Å². The molecule has 1 N–H and O–H groups in total. The molecule has 0 aromatic rings. The highest BCUT2D eigenvalue weighted by Gasteiger charge is 2.67. The van der Waals surface area contributed by atoms with E-state index >= 15 is 0 Å². The molecule has 0 bridgehead atoms. The molecule has 0 saturated heterocycles. The van der Waals surface area contributed by atoms with E-state index in [1.54, 1.807) is 0 Å². The Morgan fingerprint density at radius 2 is 1.69 bits per heavy atom. The standard InChI is InChI=1S/C15H26O/c1-9-5-6-11-13(14(11,2)3)12-10(9)7-8-15(12,4)16/h9-13,16H,5-8H2,1-4H3. The summed E-state index contributed by atoms with van der Waals surface area (Å²) in [5.41, 5.74) is 0.136. The monoisotopic (exact) mass is 222 g/mol. The summed E-state index contributed by atoms with van der Waals surface area (Å²) in [6, 6.07) is 0. The Morgan fingerprint density at radius 3 is 2.38 bits per heavy atom. The van der Waals surface area contributed by atoms with Gasteiger partial charge in [0.1, 0.15) is 0 Å². The van der Waals surface area contributed by atoms with Gasteiger partial charge >= 0.3 is 0 Å². The van der Waals surface area contributed by atoms with E-state index in [1.807, 2.05) is 0 Å². The first-order valence-electron chi connectivity index (χ1n) is 7.08. The summed E-state index contributed by atoms with van der Waals surface area (Å²) in [6.07, 6.45) is 5.09. The van der Waals surface area contributed by atoms with Crippen LogP contribution in [0.25, 0.3) is 0 Å². The molecule has 0 heterocycles. The number of hydrogen-bond acceptors (Lipinski definition) is 1. The molecule has 3 fully saturated rings. The second-order valence-electron chi connectivity index (χ2n) is 7.59. The highest BCUT2D eigenvalue weighted by Crippen LogP contribution is 2.71. The minimum Gasteiger partial charge on any atom is -0.390 e. The highest BCUT2D eigenvalue weighted by molar-refractivity contribution is 5.15. The Morgan fingerprint density at radius 1 is 1.00 bits per heavy atom. The fourth-order valence-corrected chi connectivity index (χ4v) is 5.27. The van der Waals surface area contributed by atoms with Crippen LogP contribution in [0.2, 0.25) is 0 Å². The van der Waals surface area contributed by atoms with Crippen molar-refractivity contribution in [1.82, 2.24) is 0 Å². The van der Waals surface area contributed by atoms with Gasteiger partial charge in [0.05, 0.1) is 5.60 Å². The largest absolute Gasteiger partial charge is 0.390 e. The molecule has 1 nitrogen and oxygen atoms in total. The van der Waals surface area contributed by atoms with E-state index in [1.165, 1.54) is 19.3 Å². The molecule has 16 heavy (non-hydrogen) atoms. The lowest BCUT2D eigenvalue weighted by atomic mass is 9.75. The lowest BCUT2D eigenvalue weighted by Crippen LogP contribution is -2.36. The van der Waals surface area contributed by atoms with Gasteiger partial charge in [0.25, 0.3) is 0 Å². The number of hydrogen-bond donors (Lipinski definition) is 1. The summed E-state index contributed by atoms with van der Waals surface area (Å²) >= 11 is 0. The Bertz CT molecular complexity index is 305. The molecule has 6 unspecified atom stereocenters. The second kappa shape index (κ2) is 3.04. The van der Waals surface area contributed by atoms with Crippen LogP contribution in [0.4, 0.5) is 0 Å². The third kappa shape index (κ3) is 1.27. The van der Waals surface area contributed by atoms with Gasteiger partial charge in [-0.15, -0.1) is 0 Å². The molecule has 0 aromatic carbocycles. The molecule has 3 aliphatic rings. The van der Waals surface area contributed by atoms with Gasteiger partial charge in [0.2, 0.25) is 0 Å². The number of rotatable bonds is 0. The van der Waals surface area contributed by atoms with E-state index in [0.29, 0.717) is 11.3 Å². The molecule has 0 aliphatic heterocycles. The van der Waals surface area contributed by atoms with Crippen LogP contribution >= 0.6 is 0 Å². The molecule has 3 rings (SSSR count). The topological polar surface area (TPSA) is 20.2 Å². The van der Waals surface area contributed by atoms with Crippen LogP contribution in [0.15, 0.2) is 0 Å². The Kier molecular flexibility index (Phi) is 2.11. The van der Waals surface area contributed by atoms with Gasteiger partial charge in [0.15, 0.2) is 0 Å². The predicted octanol–water partition coefficient (Wildman–Crippen LogP) is 3.47. The molecule has 0 radical (unpaired) electrons. The predicted molar refractivity (Wildman–Crippen MR) is 66.0 cm³/mol. The maximum absolute atomic E-state index is 10.7. The van der Waals surface area contributed by atoms with Crippen molar-refractivity contribution in [2.24, 2.45) is 35.0 Å². The zero-order valence-corrected chi connectivity index (χ0v) is 11.2. The zero-order valence-electron chi connectivity index (χ0n) is 11.2. The third-order valence-corrected chi connectivity index (χ3v) is 6.35. The first-order chi connectivity index (χ1) is 7.36. The summed E-state index contributed by atoms with van der Waals surface area (Å²) in [5.74, 6) is 3.92. The molecule has 0 amide bonds. The summed E-state index contributed by atoms with van der Waals surface area (Å²) < 4.78 is 0. The van der Waals surface area contributed by atoms with Gasteiger partial charge in [-0.2, -0.15) is 0 Å². The molecular formula is C15H26O. The van der Waals surface area contributed by atoms with Gasteiger partial charge in [-0.25, -0.2) is 0 Å². The van der Waals surface area contributed by atoms with Crippen molar-refractivity contribution in [1.29, 1.82) is 0 Å². The van der Waals surface area contributed by atoms with E-state index in [0.717, 1.165) is 30.1 Å². The normalized spacial score (nSPS) is 58.7. The van der Waals surface area contributed by atoms with E-state index in [9.17, 15) is 5.11 Å². The van der Waals surface area contributed by atoms with Gasteiger partial charge < -0.3 is 5.11 Å². The van der Waals surface area contributed by atoms with Crippen molar-refractivity contribution in [2.45, 2.75) is 59.0 Å². The van der Waals surface area contributed by atoms with Gasteiger partial charge in [-0.05, 0) is 61.2 Å². The van der Waals surface area contributed by atoms with E-state index in [-0.39, 0.29) is 5.60 Å². The Balaban J connectivity index is 1.95. The molecule has 3 saturated carbocycles. The van der Waals surface area contributed by atoms with Crippen LogP contribution in [0.5, 0.6) is 0 Å². The van der Waals surface area contributed by atoms with Gasteiger partial charge in [-0.1, -0.05) is 27.2 Å². The van der Waals surface area contributed by atoms with Crippen LogP contribution in [0.1, 0.15) is 53.4 Å². The van der Waals surface area contributed by atoms with Gasteiger partial charge in [-0.3, -0.25) is 0 Å². The number of aliphatic hydroxyl groups is 1. The first-order valence-corrected chi connectivity index (χ1v) is 7.08. The SMILES string of the molecule is CC1CCC2C(C3C1CCC3(C)O)C2(C)C. The van der Waals surface area contributed by atoms with Crippen molar-refractivity contribution in [3.8, 4) is 0 Å². The second-order valence-corrected chi connectivity index (χ2v) is 7.59. The Hall–Kier alpha value is -0.0400.